The Labute approximate surface area is 116 Å². The maximum absolute atomic E-state index is 13.5. The molecule has 0 radical (unpaired) electrons. The maximum atomic E-state index is 13.5. The van der Waals surface area contributed by atoms with Gasteiger partial charge < -0.3 is 0 Å². The summed E-state index contributed by atoms with van der Waals surface area (Å²) in [5, 5.41) is 0. The SMILES string of the molecule is C[C@@H](C[S@](C)=O)N(C)S(=O)(=O)Cc1ccccc1F. The van der Waals surface area contributed by atoms with E-state index < -0.39 is 32.4 Å². The fourth-order valence-electron chi connectivity index (χ4n) is 1.63. The molecule has 0 aromatic heterocycles. The summed E-state index contributed by atoms with van der Waals surface area (Å²) in [5.41, 5.74) is 0.138. The summed E-state index contributed by atoms with van der Waals surface area (Å²) in [6.07, 6.45) is 1.52. The Hall–Kier alpha value is -0.790. The van der Waals surface area contributed by atoms with E-state index in [4.69, 9.17) is 0 Å². The van der Waals surface area contributed by atoms with Gasteiger partial charge in [0.1, 0.15) is 5.82 Å². The summed E-state index contributed by atoms with van der Waals surface area (Å²) in [6.45, 7) is 1.68. The monoisotopic (exact) mass is 307 g/mol. The Balaban J connectivity index is 2.87. The van der Waals surface area contributed by atoms with Gasteiger partial charge in [-0.3, -0.25) is 4.21 Å². The third kappa shape index (κ3) is 4.67. The van der Waals surface area contributed by atoms with E-state index >= 15 is 0 Å². The molecule has 0 amide bonds. The Morgan fingerprint density at radius 3 is 2.47 bits per heavy atom. The van der Waals surface area contributed by atoms with Crippen molar-refractivity contribution in [1.82, 2.24) is 4.31 Å². The van der Waals surface area contributed by atoms with Gasteiger partial charge in [0.2, 0.25) is 10.0 Å². The summed E-state index contributed by atoms with van der Waals surface area (Å²) in [6, 6.07) is 5.40. The van der Waals surface area contributed by atoms with Gasteiger partial charge in [-0.1, -0.05) is 18.2 Å². The number of benzene rings is 1. The second-order valence-electron chi connectivity index (χ2n) is 4.45. The molecule has 0 saturated carbocycles. The molecule has 0 saturated heterocycles. The second kappa shape index (κ2) is 6.58. The molecule has 0 aliphatic carbocycles. The molecule has 1 aromatic carbocycles. The lowest BCUT2D eigenvalue weighted by molar-refractivity contribution is 0.412. The molecule has 2 atom stereocenters. The predicted octanol–water partition coefficient (Wildman–Crippen LogP) is 1.35. The molecule has 0 bridgehead atoms. The average Bonchev–Trinajstić information content (AvgIpc) is 2.30. The molecule has 0 fully saturated rings. The third-order valence-electron chi connectivity index (χ3n) is 2.83. The van der Waals surface area contributed by atoms with Crippen molar-refractivity contribution >= 4 is 20.8 Å². The number of nitrogens with zero attached hydrogens (tertiary/aromatic N) is 1. The van der Waals surface area contributed by atoms with Crippen LogP contribution in [0.3, 0.4) is 0 Å². The molecule has 19 heavy (non-hydrogen) atoms. The van der Waals surface area contributed by atoms with Crippen molar-refractivity contribution in [3.63, 3.8) is 0 Å². The van der Waals surface area contributed by atoms with Gasteiger partial charge in [-0.2, -0.15) is 0 Å². The molecule has 1 aromatic rings. The smallest absolute Gasteiger partial charge is 0.218 e. The van der Waals surface area contributed by atoms with Crippen molar-refractivity contribution in [3.8, 4) is 0 Å². The molecule has 4 nitrogen and oxygen atoms in total. The lowest BCUT2D eigenvalue weighted by Gasteiger charge is -2.23. The highest BCUT2D eigenvalue weighted by atomic mass is 32.2. The minimum Gasteiger partial charge on any atom is -0.260 e. The largest absolute Gasteiger partial charge is 0.260 e. The van der Waals surface area contributed by atoms with Crippen LogP contribution in [-0.4, -0.2) is 42.0 Å². The lowest BCUT2D eigenvalue weighted by atomic mass is 10.2. The van der Waals surface area contributed by atoms with Gasteiger partial charge in [-0.25, -0.2) is 17.1 Å². The minimum absolute atomic E-state index is 0.138. The van der Waals surface area contributed by atoms with Gasteiger partial charge in [0.25, 0.3) is 0 Å². The molecule has 0 unspecified atom stereocenters. The number of sulfonamides is 1. The molecular formula is C12H18FNO3S2. The Morgan fingerprint density at radius 1 is 1.37 bits per heavy atom. The first kappa shape index (κ1) is 16.3. The van der Waals surface area contributed by atoms with Crippen LogP contribution in [0.15, 0.2) is 24.3 Å². The van der Waals surface area contributed by atoms with E-state index in [-0.39, 0.29) is 17.4 Å². The van der Waals surface area contributed by atoms with Crippen LogP contribution < -0.4 is 0 Å². The molecule has 108 valence electrons. The standard InChI is InChI=1S/C12H18FNO3S2/c1-10(8-18(3)15)14(2)19(16,17)9-11-6-4-5-7-12(11)13/h4-7,10H,8-9H2,1-3H3/t10-,18-/m0/s1. The highest BCUT2D eigenvalue weighted by molar-refractivity contribution is 7.88. The van der Waals surface area contributed by atoms with Gasteiger partial charge in [0.05, 0.1) is 5.75 Å². The molecular weight excluding hydrogens is 289 g/mol. The van der Waals surface area contributed by atoms with Crippen molar-refractivity contribution in [3.05, 3.63) is 35.6 Å². The maximum Gasteiger partial charge on any atom is 0.218 e. The van der Waals surface area contributed by atoms with Crippen molar-refractivity contribution in [1.29, 1.82) is 0 Å². The summed E-state index contributed by atoms with van der Waals surface area (Å²) >= 11 is 0. The van der Waals surface area contributed by atoms with E-state index in [1.165, 1.54) is 31.5 Å². The average molecular weight is 307 g/mol. The van der Waals surface area contributed by atoms with Crippen LogP contribution in [0.2, 0.25) is 0 Å². The molecule has 7 heteroatoms. The highest BCUT2D eigenvalue weighted by Gasteiger charge is 2.25. The molecule has 0 aliphatic rings. The number of halogens is 1. The van der Waals surface area contributed by atoms with E-state index in [0.29, 0.717) is 0 Å². The fraction of sp³-hybridized carbons (Fsp3) is 0.500. The molecule has 1 rings (SSSR count). The first-order valence-electron chi connectivity index (χ1n) is 5.73. The van der Waals surface area contributed by atoms with Crippen molar-refractivity contribution < 1.29 is 17.0 Å². The van der Waals surface area contributed by atoms with Crippen LogP contribution in [0, 0.1) is 5.82 Å². The van der Waals surface area contributed by atoms with Gasteiger partial charge >= 0.3 is 0 Å². The zero-order valence-electron chi connectivity index (χ0n) is 11.2. The summed E-state index contributed by atoms with van der Waals surface area (Å²) < 4.78 is 50.0. The summed E-state index contributed by atoms with van der Waals surface area (Å²) in [5.74, 6) is -0.671. The van der Waals surface area contributed by atoms with Crippen LogP contribution in [0.4, 0.5) is 4.39 Å². The normalized spacial score (nSPS) is 15.4. The number of hydrogen-bond donors (Lipinski definition) is 0. The zero-order chi connectivity index (χ0) is 14.6. The second-order valence-corrected chi connectivity index (χ2v) is 7.96. The zero-order valence-corrected chi connectivity index (χ0v) is 12.8. The van der Waals surface area contributed by atoms with Gasteiger partial charge in [-0.15, -0.1) is 0 Å². The van der Waals surface area contributed by atoms with E-state index in [1.54, 1.807) is 13.0 Å². The Bertz CT molecular complexity index is 560. The van der Waals surface area contributed by atoms with Gasteiger partial charge in [0, 0.05) is 41.5 Å². The minimum atomic E-state index is -3.62. The molecule has 0 N–H and O–H groups in total. The van der Waals surface area contributed by atoms with Crippen LogP contribution in [0.25, 0.3) is 0 Å². The predicted molar refractivity (Wildman–Crippen MR) is 75.2 cm³/mol. The summed E-state index contributed by atoms with van der Waals surface area (Å²) in [4.78, 5) is 0. The van der Waals surface area contributed by atoms with Crippen molar-refractivity contribution in [2.75, 3.05) is 19.1 Å². The van der Waals surface area contributed by atoms with Crippen LogP contribution in [-0.2, 0) is 26.6 Å². The molecule has 0 aliphatic heterocycles. The van der Waals surface area contributed by atoms with Gasteiger partial charge in [0.15, 0.2) is 0 Å². The molecule has 0 heterocycles. The van der Waals surface area contributed by atoms with E-state index in [1.807, 2.05) is 0 Å². The quantitative estimate of drug-likeness (QED) is 0.797. The van der Waals surface area contributed by atoms with E-state index in [2.05, 4.69) is 0 Å². The summed E-state index contributed by atoms with van der Waals surface area (Å²) in [7, 11) is -3.28. The fourth-order valence-corrected chi connectivity index (χ4v) is 4.08. The number of hydrogen-bond acceptors (Lipinski definition) is 3. The first-order chi connectivity index (χ1) is 8.74. The highest BCUT2D eigenvalue weighted by Crippen LogP contribution is 2.15. The van der Waals surface area contributed by atoms with Crippen LogP contribution in [0.1, 0.15) is 12.5 Å². The Morgan fingerprint density at radius 2 is 1.95 bits per heavy atom. The third-order valence-corrected chi connectivity index (χ3v) is 5.70. The Kier molecular flexibility index (Phi) is 5.64. The van der Waals surface area contributed by atoms with Gasteiger partial charge in [-0.05, 0) is 13.0 Å². The first-order valence-corrected chi connectivity index (χ1v) is 9.07. The van der Waals surface area contributed by atoms with Crippen molar-refractivity contribution in [2.45, 2.75) is 18.7 Å². The van der Waals surface area contributed by atoms with Crippen LogP contribution in [0.5, 0.6) is 0 Å². The van der Waals surface area contributed by atoms with E-state index in [9.17, 15) is 17.0 Å². The van der Waals surface area contributed by atoms with Crippen LogP contribution >= 0.6 is 0 Å². The topological polar surface area (TPSA) is 54.5 Å². The lowest BCUT2D eigenvalue weighted by Crippen LogP contribution is -2.39. The molecule has 0 spiro atoms. The van der Waals surface area contributed by atoms with Crippen molar-refractivity contribution in [2.24, 2.45) is 0 Å². The van der Waals surface area contributed by atoms with E-state index in [0.717, 1.165) is 4.31 Å². The number of rotatable bonds is 6.